The van der Waals surface area contributed by atoms with Crippen LogP contribution < -0.4 is 5.32 Å². The predicted molar refractivity (Wildman–Crippen MR) is 83.0 cm³/mol. The lowest BCUT2D eigenvalue weighted by Gasteiger charge is -2.19. The molecule has 0 amide bonds. The molecule has 2 rings (SSSR count). The van der Waals surface area contributed by atoms with Crippen LogP contribution in [0.2, 0.25) is 10.0 Å². The number of benzene rings is 2. The predicted octanol–water partition coefficient (Wildman–Crippen LogP) is 5.03. The Balaban J connectivity index is 2.25. The van der Waals surface area contributed by atoms with Crippen LogP contribution in [-0.4, -0.2) is 6.54 Å². The molecule has 2 aromatic carbocycles. The number of hydrogen-bond acceptors (Lipinski definition) is 1. The molecule has 1 atom stereocenters. The van der Waals surface area contributed by atoms with E-state index in [4.69, 9.17) is 23.2 Å². The fourth-order valence-corrected chi connectivity index (χ4v) is 2.49. The minimum Gasteiger partial charge on any atom is -0.310 e. The summed E-state index contributed by atoms with van der Waals surface area (Å²) in [6.45, 7) is 2.86. The van der Waals surface area contributed by atoms with Crippen LogP contribution in [0.4, 0.5) is 4.39 Å². The van der Waals surface area contributed by atoms with Crippen molar-refractivity contribution in [2.45, 2.75) is 19.4 Å². The molecule has 0 bridgehead atoms. The molecule has 1 N–H and O–H groups in total. The second kappa shape index (κ2) is 7.07. The first-order valence-corrected chi connectivity index (χ1v) is 7.28. The fraction of sp³-hybridized carbons (Fsp3) is 0.250. The third-order valence-electron chi connectivity index (χ3n) is 3.15. The Kier molecular flexibility index (Phi) is 5.41. The Morgan fingerprint density at radius 2 is 1.80 bits per heavy atom. The van der Waals surface area contributed by atoms with Gasteiger partial charge in [0, 0.05) is 16.1 Å². The van der Waals surface area contributed by atoms with Gasteiger partial charge in [-0.1, -0.05) is 42.3 Å². The Bertz CT molecular complexity index is 569. The summed E-state index contributed by atoms with van der Waals surface area (Å²) in [6, 6.07) is 12.2. The van der Waals surface area contributed by atoms with Crippen molar-refractivity contribution in [3.63, 3.8) is 0 Å². The van der Waals surface area contributed by atoms with E-state index in [1.807, 2.05) is 31.2 Å². The highest BCUT2D eigenvalue weighted by Crippen LogP contribution is 2.25. The summed E-state index contributed by atoms with van der Waals surface area (Å²) in [5.41, 5.74) is 1.91. The van der Waals surface area contributed by atoms with Crippen LogP contribution in [0.1, 0.15) is 24.1 Å². The van der Waals surface area contributed by atoms with Crippen molar-refractivity contribution in [3.8, 4) is 0 Å². The molecule has 0 aliphatic carbocycles. The van der Waals surface area contributed by atoms with Crippen LogP contribution in [0, 0.1) is 5.82 Å². The average molecular weight is 312 g/mol. The molecule has 0 aliphatic heterocycles. The van der Waals surface area contributed by atoms with Crippen molar-refractivity contribution in [3.05, 3.63) is 69.5 Å². The van der Waals surface area contributed by atoms with Crippen molar-refractivity contribution >= 4 is 23.2 Å². The minimum absolute atomic E-state index is 0.0802. The summed E-state index contributed by atoms with van der Waals surface area (Å²) in [4.78, 5) is 0. The first kappa shape index (κ1) is 15.3. The number of rotatable bonds is 5. The van der Waals surface area contributed by atoms with Crippen LogP contribution in [-0.2, 0) is 6.42 Å². The third-order valence-corrected chi connectivity index (χ3v) is 3.78. The lowest BCUT2D eigenvalue weighted by molar-refractivity contribution is 0.547. The van der Waals surface area contributed by atoms with Crippen molar-refractivity contribution in [1.82, 2.24) is 5.32 Å². The maximum atomic E-state index is 13.3. The van der Waals surface area contributed by atoms with E-state index in [2.05, 4.69) is 5.32 Å². The second-order valence-electron chi connectivity index (χ2n) is 4.60. The summed E-state index contributed by atoms with van der Waals surface area (Å²) in [6.07, 6.45) is 0.631. The molecule has 1 nitrogen and oxygen atoms in total. The molecule has 0 heterocycles. The topological polar surface area (TPSA) is 12.0 Å². The molecule has 1 unspecified atom stereocenters. The largest absolute Gasteiger partial charge is 0.310 e. The Morgan fingerprint density at radius 1 is 1.10 bits per heavy atom. The zero-order chi connectivity index (χ0) is 14.5. The molecule has 0 spiro atoms. The number of nitrogens with one attached hydrogen (secondary N) is 1. The van der Waals surface area contributed by atoms with Crippen molar-refractivity contribution < 1.29 is 4.39 Å². The van der Waals surface area contributed by atoms with Gasteiger partial charge >= 0.3 is 0 Å². The summed E-state index contributed by atoms with van der Waals surface area (Å²) in [5, 5.41) is 4.68. The molecule has 0 saturated carbocycles. The van der Waals surface area contributed by atoms with Gasteiger partial charge in [0.25, 0.3) is 0 Å². The van der Waals surface area contributed by atoms with Gasteiger partial charge in [-0.25, -0.2) is 4.39 Å². The van der Waals surface area contributed by atoms with Gasteiger partial charge in [0.1, 0.15) is 5.82 Å². The highest BCUT2D eigenvalue weighted by molar-refractivity contribution is 6.31. The lowest BCUT2D eigenvalue weighted by Crippen LogP contribution is -2.23. The van der Waals surface area contributed by atoms with Crippen molar-refractivity contribution in [2.75, 3.05) is 6.54 Å². The van der Waals surface area contributed by atoms with E-state index >= 15 is 0 Å². The highest BCUT2D eigenvalue weighted by atomic mass is 35.5. The molecule has 4 heteroatoms. The van der Waals surface area contributed by atoms with E-state index < -0.39 is 0 Å². The lowest BCUT2D eigenvalue weighted by atomic mass is 9.98. The van der Waals surface area contributed by atoms with Gasteiger partial charge in [0.05, 0.1) is 0 Å². The molecule has 0 fully saturated rings. The van der Waals surface area contributed by atoms with E-state index in [-0.39, 0.29) is 11.9 Å². The van der Waals surface area contributed by atoms with E-state index in [1.165, 1.54) is 12.1 Å². The Hall–Kier alpha value is -1.09. The second-order valence-corrected chi connectivity index (χ2v) is 5.45. The first-order chi connectivity index (χ1) is 9.60. The fourth-order valence-electron chi connectivity index (χ4n) is 2.17. The van der Waals surface area contributed by atoms with Crippen LogP contribution in [0.25, 0.3) is 0 Å². The molecular formula is C16H16Cl2FN. The SMILES string of the molecule is CCNC(Cc1cc(F)ccc1Cl)c1ccc(Cl)cc1. The van der Waals surface area contributed by atoms with Crippen LogP contribution >= 0.6 is 23.2 Å². The van der Waals surface area contributed by atoms with Gasteiger partial charge in [0.15, 0.2) is 0 Å². The quantitative estimate of drug-likeness (QED) is 0.817. The van der Waals surface area contributed by atoms with E-state index in [1.54, 1.807) is 6.07 Å². The van der Waals surface area contributed by atoms with Crippen LogP contribution in [0.3, 0.4) is 0 Å². The third kappa shape index (κ3) is 3.95. The Morgan fingerprint density at radius 3 is 2.45 bits per heavy atom. The molecule has 20 heavy (non-hydrogen) atoms. The van der Waals surface area contributed by atoms with Crippen LogP contribution in [0.5, 0.6) is 0 Å². The van der Waals surface area contributed by atoms with Gasteiger partial charge in [-0.2, -0.15) is 0 Å². The summed E-state index contributed by atoms with van der Waals surface area (Å²) < 4.78 is 13.3. The minimum atomic E-state index is -0.268. The molecule has 106 valence electrons. The average Bonchev–Trinajstić information content (AvgIpc) is 2.43. The van der Waals surface area contributed by atoms with Crippen LogP contribution in [0.15, 0.2) is 42.5 Å². The maximum Gasteiger partial charge on any atom is 0.123 e. The van der Waals surface area contributed by atoms with Gasteiger partial charge in [-0.15, -0.1) is 0 Å². The van der Waals surface area contributed by atoms with E-state index in [9.17, 15) is 4.39 Å². The smallest absolute Gasteiger partial charge is 0.123 e. The van der Waals surface area contributed by atoms with Gasteiger partial charge in [-0.3, -0.25) is 0 Å². The zero-order valence-corrected chi connectivity index (χ0v) is 12.7. The van der Waals surface area contributed by atoms with E-state index in [0.717, 1.165) is 17.7 Å². The molecule has 0 aliphatic rings. The van der Waals surface area contributed by atoms with E-state index in [0.29, 0.717) is 16.5 Å². The first-order valence-electron chi connectivity index (χ1n) is 6.53. The number of halogens is 3. The highest BCUT2D eigenvalue weighted by Gasteiger charge is 2.13. The monoisotopic (exact) mass is 311 g/mol. The Labute approximate surface area is 128 Å². The molecule has 0 aromatic heterocycles. The molecule has 2 aromatic rings. The van der Waals surface area contributed by atoms with Gasteiger partial charge < -0.3 is 5.32 Å². The number of likely N-dealkylation sites (N-methyl/N-ethyl adjacent to an activating group) is 1. The molecular weight excluding hydrogens is 296 g/mol. The van der Waals surface area contributed by atoms with Gasteiger partial charge in [0.2, 0.25) is 0 Å². The normalized spacial score (nSPS) is 12.4. The summed E-state index contributed by atoms with van der Waals surface area (Å²) in [7, 11) is 0. The van der Waals surface area contributed by atoms with Crippen molar-refractivity contribution in [2.24, 2.45) is 0 Å². The summed E-state index contributed by atoms with van der Waals surface area (Å²) in [5.74, 6) is -0.268. The summed E-state index contributed by atoms with van der Waals surface area (Å²) >= 11 is 12.0. The maximum absolute atomic E-state index is 13.3. The number of hydrogen-bond donors (Lipinski definition) is 1. The molecule has 0 saturated heterocycles. The van der Waals surface area contributed by atoms with Crippen molar-refractivity contribution in [1.29, 1.82) is 0 Å². The standard InChI is InChI=1S/C16H16Cl2FN/c1-2-20-16(11-3-5-13(17)6-4-11)10-12-9-14(19)7-8-15(12)18/h3-9,16,20H,2,10H2,1H3. The zero-order valence-electron chi connectivity index (χ0n) is 11.2. The van der Waals surface area contributed by atoms with Gasteiger partial charge in [-0.05, 0) is 54.4 Å². The molecule has 0 radical (unpaired) electrons.